The van der Waals surface area contributed by atoms with Gasteiger partial charge >= 0.3 is 11.6 Å². The number of rotatable bonds is 10. The molecule has 0 aromatic carbocycles. The lowest BCUT2D eigenvalue weighted by Gasteiger charge is -2.26. The van der Waals surface area contributed by atoms with Gasteiger partial charge in [-0.1, -0.05) is 38.4 Å². The summed E-state index contributed by atoms with van der Waals surface area (Å²) in [5, 5.41) is 4.53. The van der Waals surface area contributed by atoms with Crippen LogP contribution in [0.3, 0.4) is 0 Å². The molecular formula is C23H32N4O4. The smallest absolute Gasteiger partial charge is 0.337 e. The fourth-order valence-corrected chi connectivity index (χ4v) is 4.11. The summed E-state index contributed by atoms with van der Waals surface area (Å²) in [5.41, 5.74) is 1.64. The maximum absolute atomic E-state index is 12.7. The van der Waals surface area contributed by atoms with E-state index in [0.29, 0.717) is 23.4 Å². The molecule has 8 heteroatoms. The average Bonchev–Trinajstić information content (AvgIpc) is 3.19. The maximum Gasteiger partial charge on any atom is 0.337 e. The van der Waals surface area contributed by atoms with E-state index in [0.717, 1.165) is 62.9 Å². The Balaban J connectivity index is 1.81. The largest absolute Gasteiger partial charge is 0.403 e. The van der Waals surface area contributed by atoms with Crippen LogP contribution in [0.15, 0.2) is 37.5 Å². The van der Waals surface area contributed by atoms with Crippen LogP contribution in [-0.4, -0.2) is 33.2 Å². The minimum Gasteiger partial charge on any atom is -0.403 e. The number of aromatic amines is 1. The van der Waals surface area contributed by atoms with E-state index < -0.39 is 11.2 Å². The molecule has 0 spiro atoms. The fourth-order valence-electron chi connectivity index (χ4n) is 4.11. The van der Waals surface area contributed by atoms with Crippen LogP contribution in [0.1, 0.15) is 71.3 Å². The van der Waals surface area contributed by atoms with Crippen LogP contribution in [-0.2, 0) is 6.42 Å². The average molecular weight is 429 g/mol. The zero-order valence-corrected chi connectivity index (χ0v) is 18.7. The zero-order valence-electron chi connectivity index (χ0n) is 18.7. The van der Waals surface area contributed by atoms with Gasteiger partial charge in [-0.2, -0.15) is 4.98 Å². The Morgan fingerprint density at radius 3 is 2.90 bits per heavy atom. The first kappa shape index (κ1) is 22.8. The second-order valence-corrected chi connectivity index (χ2v) is 8.13. The highest BCUT2D eigenvalue weighted by atomic mass is 16.6. The van der Waals surface area contributed by atoms with Crippen molar-refractivity contribution in [3.8, 4) is 6.01 Å². The van der Waals surface area contributed by atoms with E-state index in [9.17, 15) is 9.59 Å². The number of unbranched alkanes of at least 4 members (excludes halogenated alkanes) is 2. The summed E-state index contributed by atoms with van der Waals surface area (Å²) < 4.78 is 5.18. The SMILES string of the molecule is C=C(C)N1CCCC1C/C(CC)=N/Oc1nc2oc(=O)cc(CCCCC)c2c(=O)[nH]1. The summed E-state index contributed by atoms with van der Waals surface area (Å²) >= 11 is 0. The Morgan fingerprint density at radius 1 is 1.39 bits per heavy atom. The van der Waals surface area contributed by atoms with Gasteiger partial charge in [-0.3, -0.25) is 9.78 Å². The monoisotopic (exact) mass is 428 g/mol. The van der Waals surface area contributed by atoms with E-state index in [1.807, 2.05) is 13.8 Å². The van der Waals surface area contributed by atoms with Crippen molar-refractivity contribution in [2.45, 2.75) is 78.2 Å². The third-order valence-electron chi connectivity index (χ3n) is 5.73. The van der Waals surface area contributed by atoms with Crippen molar-refractivity contribution in [2.24, 2.45) is 5.16 Å². The number of likely N-dealkylation sites (tertiary alicyclic amines) is 1. The summed E-state index contributed by atoms with van der Waals surface area (Å²) in [5.74, 6) is 0. The molecule has 31 heavy (non-hydrogen) atoms. The Hall–Kier alpha value is -2.90. The molecule has 168 valence electrons. The summed E-state index contributed by atoms with van der Waals surface area (Å²) in [7, 11) is 0. The second-order valence-electron chi connectivity index (χ2n) is 8.13. The van der Waals surface area contributed by atoms with Crippen molar-refractivity contribution in [2.75, 3.05) is 6.54 Å². The Kier molecular flexibility index (Phi) is 7.65. The summed E-state index contributed by atoms with van der Waals surface area (Å²) in [4.78, 5) is 39.2. The molecule has 1 aliphatic rings. The van der Waals surface area contributed by atoms with Crippen molar-refractivity contribution in [1.82, 2.24) is 14.9 Å². The molecule has 1 atom stereocenters. The summed E-state index contributed by atoms with van der Waals surface area (Å²) in [6, 6.07) is 1.64. The van der Waals surface area contributed by atoms with Crippen LogP contribution in [0.4, 0.5) is 0 Å². The minimum atomic E-state index is -0.526. The zero-order chi connectivity index (χ0) is 22.4. The molecule has 2 aromatic rings. The number of oxime groups is 1. The predicted octanol–water partition coefficient (Wildman–Crippen LogP) is 4.14. The van der Waals surface area contributed by atoms with Gasteiger partial charge in [0, 0.05) is 30.8 Å². The summed E-state index contributed by atoms with van der Waals surface area (Å²) in [6.45, 7) is 11.2. The summed E-state index contributed by atoms with van der Waals surface area (Å²) in [6.07, 6.45) is 7.28. The second kappa shape index (κ2) is 10.4. The third kappa shape index (κ3) is 5.62. The Morgan fingerprint density at radius 2 is 2.19 bits per heavy atom. The molecule has 1 saturated heterocycles. The molecule has 0 amide bonds. The Labute approximate surface area is 182 Å². The van der Waals surface area contributed by atoms with Gasteiger partial charge in [-0.15, -0.1) is 0 Å². The first-order valence-electron chi connectivity index (χ1n) is 11.1. The number of fused-ring (bicyclic) bond motifs is 1. The van der Waals surface area contributed by atoms with E-state index >= 15 is 0 Å². The molecule has 1 fully saturated rings. The van der Waals surface area contributed by atoms with Crippen LogP contribution >= 0.6 is 0 Å². The van der Waals surface area contributed by atoms with Crippen molar-refractivity contribution in [3.63, 3.8) is 0 Å². The molecule has 1 unspecified atom stereocenters. The minimum absolute atomic E-state index is 0.0183. The first-order valence-corrected chi connectivity index (χ1v) is 11.1. The lowest BCUT2D eigenvalue weighted by molar-refractivity contribution is 0.299. The topological polar surface area (TPSA) is 101 Å². The molecule has 8 nitrogen and oxygen atoms in total. The standard InChI is InChI=1S/C23H32N4O4/c1-5-7-8-10-16-13-19(28)30-22-20(16)21(29)24-23(25-22)31-26-17(6-2)14-18-11-9-12-27(18)15(3)4/h13,18H,3,5-12,14H2,1-2,4H3,(H,24,25,29)/b26-17+. The van der Waals surface area contributed by atoms with E-state index in [4.69, 9.17) is 9.25 Å². The van der Waals surface area contributed by atoms with Gasteiger partial charge in [0.2, 0.25) is 5.71 Å². The van der Waals surface area contributed by atoms with Gasteiger partial charge in [-0.25, -0.2) is 4.79 Å². The predicted molar refractivity (Wildman–Crippen MR) is 122 cm³/mol. The number of H-pyrrole nitrogens is 1. The molecule has 0 aliphatic carbocycles. The van der Waals surface area contributed by atoms with Crippen molar-refractivity contribution in [1.29, 1.82) is 0 Å². The van der Waals surface area contributed by atoms with E-state index in [2.05, 4.69) is 33.5 Å². The number of nitrogens with one attached hydrogen (secondary N) is 1. The van der Waals surface area contributed by atoms with E-state index in [-0.39, 0.29) is 11.7 Å². The molecular weight excluding hydrogens is 396 g/mol. The maximum atomic E-state index is 12.7. The lowest BCUT2D eigenvalue weighted by atomic mass is 10.1. The number of aryl methyl sites for hydroxylation is 1. The van der Waals surface area contributed by atoms with Crippen LogP contribution < -0.4 is 16.0 Å². The van der Waals surface area contributed by atoms with Gasteiger partial charge in [0.15, 0.2) is 0 Å². The molecule has 0 bridgehead atoms. The highest BCUT2D eigenvalue weighted by Crippen LogP contribution is 2.24. The highest BCUT2D eigenvalue weighted by Gasteiger charge is 2.25. The van der Waals surface area contributed by atoms with Gasteiger partial charge in [0.05, 0.1) is 5.71 Å². The van der Waals surface area contributed by atoms with Crippen molar-refractivity contribution in [3.05, 3.63) is 44.7 Å². The van der Waals surface area contributed by atoms with Crippen LogP contribution in [0, 0.1) is 0 Å². The fraction of sp³-hybridized carbons (Fsp3) is 0.565. The van der Waals surface area contributed by atoms with Crippen LogP contribution in [0.5, 0.6) is 6.01 Å². The molecule has 1 N–H and O–H groups in total. The number of hydrogen-bond donors (Lipinski definition) is 1. The highest BCUT2D eigenvalue weighted by molar-refractivity contribution is 5.84. The normalized spacial score (nSPS) is 16.8. The lowest BCUT2D eigenvalue weighted by Crippen LogP contribution is -2.29. The van der Waals surface area contributed by atoms with Crippen LogP contribution in [0.25, 0.3) is 11.1 Å². The molecule has 1 aliphatic heterocycles. The van der Waals surface area contributed by atoms with E-state index in [1.54, 1.807) is 0 Å². The number of aromatic nitrogens is 2. The first-order chi connectivity index (χ1) is 14.9. The molecule has 3 rings (SSSR count). The van der Waals surface area contributed by atoms with E-state index in [1.165, 1.54) is 6.07 Å². The van der Waals surface area contributed by atoms with Gasteiger partial charge < -0.3 is 14.2 Å². The quantitative estimate of drug-likeness (QED) is 0.347. The van der Waals surface area contributed by atoms with Gasteiger partial charge in [-0.05, 0) is 44.6 Å². The molecule has 0 radical (unpaired) electrons. The van der Waals surface area contributed by atoms with Crippen molar-refractivity contribution < 1.29 is 9.25 Å². The third-order valence-corrected chi connectivity index (χ3v) is 5.73. The number of allylic oxidation sites excluding steroid dienone is 1. The number of hydrogen-bond acceptors (Lipinski definition) is 7. The van der Waals surface area contributed by atoms with Gasteiger partial charge in [0.25, 0.3) is 5.56 Å². The molecule has 0 saturated carbocycles. The van der Waals surface area contributed by atoms with Crippen molar-refractivity contribution >= 4 is 16.8 Å². The Bertz CT molecular complexity index is 1070. The molecule has 3 heterocycles. The number of nitrogens with zero attached hydrogens (tertiary/aromatic N) is 3. The molecule has 2 aromatic heterocycles. The van der Waals surface area contributed by atoms with Gasteiger partial charge in [0.1, 0.15) is 5.39 Å². The van der Waals surface area contributed by atoms with Crippen LogP contribution in [0.2, 0.25) is 0 Å².